The number of fused-ring (bicyclic) bond motifs is 2. The summed E-state index contributed by atoms with van der Waals surface area (Å²) in [5, 5.41) is 3.44. The van der Waals surface area contributed by atoms with Crippen molar-refractivity contribution in [2.45, 2.75) is 6.54 Å². The number of aryl methyl sites for hydroxylation is 1. The molecule has 0 bridgehead atoms. The average Bonchev–Trinajstić information content (AvgIpc) is 3.11. The molecule has 0 saturated heterocycles. The van der Waals surface area contributed by atoms with Crippen molar-refractivity contribution in [3.63, 3.8) is 0 Å². The van der Waals surface area contributed by atoms with Crippen LogP contribution in [-0.4, -0.2) is 32.5 Å². The van der Waals surface area contributed by atoms with Gasteiger partial charge in [0.25, 0.3) is 0 Å². The predicted molar refractivity (Wildman–Crippen MR) is 84.5 cm³/mol. The zero-order chi connectivity index (χ0) is 14.2. The summed E-state index contributed by atoms with van der Waals surface area (Å²) < 4.78 is 11.0. The molecule has 104 valence electrons. The van der Waals surface area contributed by atoms with Gasteiger partial charge in [0.15, 0.2) is 0 Å². The van der Waals surface area contributed by atoms with Gasteiger partial charge in [0.05, 0.1) is 0 Å². The number of anilines is 1. The summed E-state index contributed by atoms with van der Waals surface area (Å²) in [4.78, 5) is 4.67. The molecule has 4 rings (SSSR count). The summed E-state index contributed by atoms with van der Waals surface area (Å²) in [6.45, 7) is 0.671. The molecule has 2 aromatic carbocycles. The molecule has 6 heteroatoms. The molecular formula is C15H13N5Se. The molecule has 0 aliphatic heterocycles. The van der Waals surface area contributed by atoms with Crippen LogP contribution in [0.3, 0.4) is 0 Å². The van der Waals surface area contributed by atoms with Crippen molar-refractivity contribution in [3.8, 4) is 0 Å². The van der Waals surface area contributed by atoms with Crippen LogP contribution >= 0.6 is 0 Å². The van der Waals surface area contributed by atoms with Crippen LogP contribution in [0.5, 0.6) is 0 Å². The Hall–Kier alpha value is -2.17. The summed E-state index contributed by atoms with van der Waals surface area (Å²) >= 11 is -0.00196. The minimum atomic E-state index is -0.00196. The van der Waals surface area contributed by atoms with Crippen molar-refractivity contribution in [1.82, 2.24) is 17.5 Å². The number of hydrogen-bond donors (Lipinski definition) is 1. The number of imidazole rings is 1. The van der Waals surface area contributed by atoms with Gasteiger partial charge in [-0.1, -0.05) is 0 Å². The molecule has 0 fully saturated rings. The second-order valence-corrected chi connectivity index (χ2v) is 5.98. The van der Waals surface area contributed by atoms with Gasteiger partial charge in [0.1, 0.15) is 0 Å². The van der Waals surface area contributed by atoms with Crippen LogP contribution in [0, 0.1) is 0 Å². The van der Waals surface area contributed by atoms with Crippen LogP contribution in [0.15, 0.2) is 42.5 Å². The van der Waals surface area contributed by atoms with Crippen molar-refractivity contribution in [3.05, 3.63) is 48.3 Å². The molecule has 2 aromatic heterocycles. The van der Waals surface area contributed by atoms with E-state index in [0.29, 0.717) is 6.54 Å². The third-order valence-corrected chi connectivity index (χ3v) is 4.74. The van der Waals surface area contributed by atoms with E-state index in [1.807, 2.05) is 43.4 Å². The zero-order valence-corrected chi connectivity index (χ0v) is 13.2. The van der Waals surface area contributed by atoms with Crippen LogP contribution in [0.2, 0.25) is 0 Å². The Labute approximate surface area is 127 Å². The topological polar surface area (TPSA) is 55.6 Å². The molecule has 1 N–H and O–H groups in total. The summed E-state index contributed by atoms with van der Waals surface area (Å²) in [5.41, 5.74) is 5.18. The molecule has 2 heterocycles. The van der Waals surface area contributed by atoms with Crippen molar-refractivity contribution in [1.29, 1.82) is 0 Å². The summed E-state index contributed by atoms with van der Waals surface area (Å²) in [7, 11) is 2.05. The van der Waals surface area contributed by atoms with Crippen molar-refractivity contribution < 1.29 is 0 Å². The van der Waals surface area contributed by atoms with Gasteiger partial charge in [0, 0.05) is 0 Å². The van der Waals surface area contributed by atoms with Gasteiger partial charge in [-0.25, -0.2) is 0 Å². The fourth-order valence-electron chi connectivity index (χ4n) is 2.48. The maximum absolute atomic E-state index is 4.67. The first-order valence-corrected chi connectivity index (χ1v) is 8.21. The third-order valence-electron chi connectivity index (χ3n) is 3.60. The van der Waals surface area contributed by atoms with Crippen LogP contribution in [0.25, 0.3) is 22.1 Å². The van der Waals surface area contributed by atoms with E-state index in [1.54, 1.807) is 0 Å². The fraction of sp³-hybridized carbons (Fsp3) is 0.133. The van der Waals surface area contributed by atoms with E-state index in [-0.39, 0.29) is 15.0 Å². The normalized spacial score (nSPS) is 11.3. The molecule has 0 amide bonds. The third kappa shape index (κ3) is 2.13. The van der Waals surface area contributed by atoms with Gasteiger partial charge in [-0.3, -0.25) is 0 Å². The standard InChI is InChI=1S/C15H13N5Se/c1-20-13-8-3-2-5-10(13)17-14(20)9-16-11-6-4-7-12-15(11)19-21-18-12/h2-8,16H,9H2,1H3. The number of aromatic nitrogens is 4. The van der Waals surface area contributed by atoms with Gasteiger partial charge < -0.3 is 0 Å². The van der Waals surface area contributed by atoms with Crippen LogP contribution in [0.4, 0.5) is 5.69 Å². The van der Waals surface area contributed by atoms with Crippen molar-refractivity contribution >= 4 is 42.7 Å². The summed E-state index contributed by atoms with van der Waals surface area (Å²) in [6.07, 6.45) is 0. The Kier molecular flexibility index (Phi) is 2.98. The van der Waals surface area contributed by atoms with E-state index in [4.69, 9.17) is 0 Å². The van der Waals surface area contributed by atoms with E-state index < -0.39 is 0 Å². The first-order chi connectivity index (χ1) is 10.3. The van der Waals surface area contributed by atoms with Crippen LogP contribution in [-0.2, 0) is 13.6 Å². The number of nitrogens with zero attached hydrogens (tertiary/aromatic N) is 4. The minimum absolute atomic E-state index is 0.00196. The number of para-hydroxylation sites is 2. The van der Waals surface area contributed by atoms with E-state index in [2.05, 4.69) is 28.9 Å². The quantitative estimate of drug-likeness (QED) is 0.580. The van der Waals surface area contributed by atoms with Crippen molar-refractivity contribution in [2.75, 3.05) is 5.32 Å². The van der Waals surface area contributed by atoms with Crippen molar-refractivity contribution in [2.24, 2.45) is 7.05 Å². The number of benzene rings is 2. The Bertz CT molecular complexity index is 924. The second-order valence-electron chi connectivity index (χ2n) is 4.87. The monoisotopic (exact) mass is 343 g/mol. The summed E-state index contributed by atoms with van der Waals surface area (Å²) in [6, 6.07) is 14.2. The van der Waals surface area contributed by atoms with Crippen LogP contribution in [0.1, 0.15) is 5.82 Å². The first kappa shape index (κ1) is 12.6. The van der Waals surface area contributed by atoms with E-state index in [0.717, 1.165) is 33.6 Å². The average molecular weight is 342 g/mol. The molecule has 21 heavy (non-hydrogen) atoms. The predicted octanol–water partition coefficient (Wildman–Crippen LogP) is 2.19. The Morgan fingerprint density at radius 1 is 1.05 bits per heavy atom. The molecule has 0 radical (unpaired) electrons. The zero-order valence-electron chi connectivity index (χ0n) is 11.4. The Morgan fingerprint density at radius 3 is 2.81 bits per heavy atom. The second kappa shape index (κ2) is 4.98. The Morgan fingerprint density at radius 2 is 1.90 bits per heavy atom. The number of rotatable bonds is 3. The summed E-state index contributed by atoms with van der Waals surface area (Å²) in [5.74, 6) is 1.01. The maximum atomic E-state index is 4.67. The molecule has 0 unspecified atom stereocenters. The molecule has 0 saturated carbocycles. The number of hydrogen-bond acceptors (Lipinski definition) is 4. The number of nitrogens with one attached hydrogen (secondary N) is 1. The molecule has 5 nitrogen and oxygen atoms in total. The molecule has 4 aromatic rings. The van der Waals surface area contributed by atoms with E-state index in [1.165, 1.54) is 0 Å². The van der Waals surface area contributed by atoms with Gasteiger partial charge in [-0.05, 0) is 0 Å². The van der Waals surface area contributed by atoms with E-state index in [9.17, 15) is 0 Å². The van der Waals surface area contributed by atoms with Gasteiger partial charge >= 0.3 is 127 Å². The van der Waals surface area contributed by atoms with Gasteiger partial charge in [-0.2, -0.15) is 0 Å². The Balaban J connectivity index is 1.66. The van der Waals surface area contributed by atoms with Crippen LogP contribution < -0.4 is 5.32 Å². The molecule has 0 aliphatic carbocycles. The first-order valence-electron chi connectivity index (χ1n) is 6.68. The van der Waals surface area contributed by atoms with Gasteiger partial charge in [-0.15, -0.1) is 0 Å². The SMILES string of the molecule is Cn1c(CNc2cccc3n[se]nc23)nc2ccccc21. The molecule has 0 aliphatic rings. The fourth-order valence-corrected chi connectivity index (χ4v) is 3.63. The molecule has 0 spiro atoms. The van der Waals surface area contributed by atoms with E-state index >= 15 is 0 Å². The molecule has 0 atom stereocenters. The van der Waals surface area contributed by atoms with Gasteiger partial charge in [0.2, 0.25) is 0 Å². The molecular weight excluding hydrogens is 329 g/mol.